The molecule has 1 aromatic heterocycles. The van der Waals surface area contributed by atoms with Crippen LogP contribution in [-0.4, -0.2) is 16.8 Å². The van der Waals surface area contributed by atoms with Gasteiger partial charge in [0.15, 0.2) is 11.5 Å². The molecule has 22 heavy (non-hydrogen) atoms. The van der Waals surface area contributed by atoms with Gasteiger partial charge >= 0.3 is 0 Å². The number of aromatic nitrogens is 1. The molecule has 2 amide bonds. The minimum absolute atomic E-state index is 0.253. The van der Waals surface area contributed by atoms with Crippen molar-refractivity contribution in [2.75, 3.05) is 4.90 Å². The SMILES string of the molecule is Cc1nc2cc(Cl)c(N3C(=O)C4=C(CCCC4)C3=O)cc2o1. The highest BCUT2D eigenvalue weighted by molar-refractivity contribution is 6.39. The van der Waals surface area contributed by atoms with E-state index in [1.807, 2.05) is 0 Å². The maximum atomic E-state index is 12.6. The van der Waals surface area contributed by atoms with Gasteiger partial charge in [0.1, 0.15) is 5.52 Å². The Hall–Kier alpha value is -2.14. The summed E-state index contributed by atoms with van der Waals surface area (Å²) in [5.41, 5.74) is 2.78. The van der Waals surface area contributed by atoms with Crippen molar-refractivity contribution < 1.29 is 14.0 Å². The third-order valence-corrected chi connectivity index (χ3v) is 4.50. The number of nitrogens with zero attached hydrogens (tertiary/aromatic N) is 2. The molecule has 5 nitrogen and oxygen atoms in total. The molecule has 1 aromatic carbocycles. The van der Waals surface area contributed by atoms with E-state index in [1.54, 1.807) is 19.1 Å². The summed E-state index contributed by atoms with van der Waals surface area (Å²) < 4.78 is 5.48. The van der Waals surface area contributed by atoms with Gasteiger partial charge in [0.25, 0.3) is 11.8 Å². The van der Waals surface area contributed by atoms with Gasteiger partial charge in [0, 0.05) is 24.1 Å². The molecule has 0 unspecified atom stereocenters. The third-order valence-electron chi connectivity index (χ3n) is 4.20. The molecule has 1 aliphatic heterocycles. The van der Waals surface area contributed by atoms with Gasteiger partial charge in [-0.3, -0.25) is 9.59 Å². The maximum Gasteiger partial charge on any atom is 0.261 e. The number of amides is 2. The summed E-state index contributed by atoms with van der Waals surface area (Å²) >= 11 is 6.27. The van der Waals surface area contributed by atoms with E-state index >= 15 is 0 Å². The lowest BCUT2D eigenvalue weighted by atomic mass is 9.93. The zero-order valence-electron chi connectivity index (χ0n) is 12.0. The van der Waals surface area contributed by atoms with Crippen LogP contribution in [0.2, 0.25) is 5.02 Å². The first kappa shape index (κ1) is 13.5. The van der Waals surface area contributed by atoms with E-state index in [1.165, 1.54) is 4.90 Å². The van der Waals surface area contributed by atoms with Crippen LogP contribution < -0.4 is 4.90 Å². The molecular weight excluding hydrogens is 304 g/mol. The van der Waals surface area contributed by atoms with Crippen molar-refractivity contribution in [3.05, 3.63) is 34.2 Å². The highest BCUT2D eigenvalue weighted by Crippen LogP contribution is 2.39. The number of benzene rings is 1. The predicted molar refractivity (Wildman–Crippen MR) is 81.7 cm³/mol. The fourth-order valence-corrected chi connectivity index (χ4v) is 3.42. The highest BCUT2D eigenvalue weighted by Gasteiger charge is 2.40. The van der Waals surface area contributed by atoms with Crippen LogP contribution in [0.1, 0.15) is 31.6 Å². The smallest absolute Gasteiger partial charge is 0.261 e. The number of carbonyl (C=O) groups is 2. The molecule has 0 radical (unpaired) electrons. The zero-order chi connectivity index (χ0) is 15.4. The molecule has 112 valence electrons. The number of carbonyl (C=O) groups excluding carboxylic acids is 2. The number of hydrogen-bond donors (Lipinski definition) is 0. The van der Waals surface area contributed by atoms with E-state index in [-0.39, 0.29) is 11.8 Å². The highest BCUT2D eigenvalue weighted by atomic mass is 35.5. The molecule has 0 saturated heterocycles. The molecule has 2 aliphatic rings. The average molecular weight is 317 g/mol. The Balaban J connectivity index is 1.84. The molecule has 2 heterocycles. The second-order valence-corrected chi connectivity index (χ2v) is 6.02. The van der Waals surface area contributed by atoms with Gasteiger partial charge in [-0.05, 0) is 31.7 Å². The largest absolute Gasteiger partial charge is 0.441 e. The van der Waals surface area contributed by atoms with Crippen LogP contribution in [-0.2, 0) is 9.59 Å². The number of aryl methyl sites for hydroxylation is 1. The van der Waals surface area contributed by atoms with Crippen molar-refractivity contribution in [3.63, 3.8) is 0 Å². The van der Waals surface area contributed by atoms with Crippen molar-refractivity contribution in [1.29, 1.82) is 0 Å². The Kier molecular flexibility index (Phi) is 2.87. The van der Waals surface area contributed by atoms with Crippen LogP contribution >= 0.6 is 11.6 Å². The van der Waals surface area contributed by atoms with Gasteiger partial charge in [-0.25, -0.2) is 9.88 Å². The Morgan fingerprint density at radius 3 is 2.41 bits per heavy atom. The van der Waals surface area contributed by atoms with Crippen molar-refractivity contribution in [2.24, 2.45) is 0 Å². The van der Waals surface area contributed by atoms with Crippen molar-refractivity contribution in [1.82, 2.24) is 4.98 Å². The summed E-state index contributed by atoms with van der Waals surface area (Å²) in [4.78, 5) is 30.6. The van der Waals surface area contributed by atoms with Gasteiger partial charge < -0.3 is 4.42 Å². The number of oxazole rings is 1. The molecule has 0 spiro atoms. The Morgan fingerprint density at radius 1 is 1.14 bits per heavy atom. The summed E-state index contributed by atoms with van der Waals surface area (Å²) in [6.07, 6.45) is 3.22. The first-order chi connectivity index (χ1) is 10.6. The van der Waals surface area contributed by atoms with E-state index in [0.29, 0.717) is 51.7 Å². The van der Waals surface area contributed by atoms with E-state index < -0.39 is 0 Å². The van der Waals surface area contributed by atoms with Gasteiger partial charge in [-0.2, -0.15) is 0 Å². The number of fused-ring (bicyclic) bond motifs is 1. The van der Waals surface area contributed by atoms with Crippen molar-refractivity contribution in [3.8, 4) is 0 Å². The van der Waals surface area contributed by atoms with Crippen LogP contribution in [0.4, 0.5) is 5.69 Å². The van der Waals surface area contributed by atoms with Crippen molar-refractivity contribution >= 4 is 40.2 Å². The van der Waals surface area contributed by atoms with Gasteiger partial charge in [0.2, 0.25) is 0 Å². The topological polar surface area (TPSA) is 63.4 Å². The molecule has 0 N–H and O–H groups in total. The molecule has 0 saturated carbocycles. The molecule has 0 fully saturated rings. The Labute approximate surface area is 131 Å². The standard InChI is InChI=1S/C16H13ClN2O3/c1-8-18-12-6-11(17)13(7-14(12)22-8)19-15(20)9-4-2-3-5-10(9)16(19)21/h6-7H,2-5H2,1H3. The molecule has 2 aromatic rings. The first-order valence-corrected chi connectivity index (χ1v) is 7.61. The average Bonchev–Trinajstić information content (AvgIpc) is 2.97. The zero-order valence-corrected chi connectivity index (χ0v) is 12.7. The van der Waals surface area contributed by atoms with Crippen LogP contribution in [0.3, 0.4) is 0 Å². The number of halogens is 1. The van der Waals surface area contributed by atoms with E-state index in [9.17, 15) is 9.59 Å². The number of anilines is 1. The number of imide groups is 1. The minimum Gasteiger partial charge on any atom is -0.441 e. The third kappa shape index (κ3) is 1.82. The van der Waals surface area contributed by atoms with Crippen LogP contribution in [0, 0.1) is 6.92 Å². The van der Waals surface area contributed by atoms with Gasteiger partial charge in [-0.15, -0.1) is 0 Å². The van der Waals surface area contributed by atoms with Crippen LogP contribution in [0.15, 0.2) is 27.7 Å². The summed E-state index contributed by atoms with van der Waals surface area (Å²) in [5, 5.41) is 0.322. The van der Waals surface area contributed by atoms with Crippen molar-refractivity contribution in [2.45, 2.75) is 32.6 Å². The van der Waals surface area contributed by atoms with Crippen LogP contribution in [0.5, 0.6) is 0 Å². The molecule has 4 rings (SSSR count). The molecule has 0 atom stereocenters. The lowest BCUT2D eigenvalue weighted by molar-refractivity contribution is -0.120. The van der Waals surface area contributed by atoms with Crippen LogP contribution in [0.25, 0.3) is 11.1 Å². The normalized spacial score (nSPS) is 18.5. The van der Waals surface area contributed by atoms with Gasteiger partial charge in [0.05, 0.1) is 10.7 Å². The fraction of sp³-hybridized carbons (Fsp3) is 0.312. The molecule has 1 aliphatic carbocycles. The second kappa shape index (κ2) is 4.68. The Bertz CT molecular complexity index is 838. The van der Waals surface area contributed by atoms with E-state index in [2.05, 4.69) is 4.98 Å². The monoisotopic (exact) mass is 316 g/mol. The second-order valence-electron chi connectivity index (χ2n) is 5.61. The summed E-state index contributed by atoms with van der Waals surface area (Å²) in [7, 11) is 0. The molecule has 0 bridgehead atoms. The van der Waals surface area contributed by atoms with E-state index in [4.69, 9.17) is 16.0 Å². The quantitative estimate of drug-likeness (QED) is 0.755. The number of rotatable bonds is 1. The number of hydrogen-bond acceptors (Lipinski definition) is 4. The lowest BCUT2D eigenvalue weighted by Gasteiger charge is -2.16. The Morgan fingerprint density at radius 2 is 1.77 bits per heavy atom. The molecular formula is C16H13ClN2O3. The predicted octanol–water partition coefficient (Wildman–Crippen LogP) is 3.53. The summed E-state index contributed by atoms with van der Waals surface area (Å²) in [6.45, 7) is 1.74. The minimum atomic E-state index is -0.253. The van der Waals surface area contributed by atoms with E-state index in [0.717, 1.165) is 12.8 Å². The molecule has 6 heteroatoms. The first-order valence-electron chi connectivity index (χ1n) is 7.24. The fourth-order valence-electron chi connectivity index (χ4n) is 3.18. The maximum absolute atomic E-state index is 12.6. The summed E-state index contributed by atoms with van der Waals surface area (Å²) in [6, 6.07) is 3.24. The summed E-state index contributed by atoms with van der Waals surface area (Å²) in [5.74, 6) is 0.00841. The van der Waals surface area contributed by atoms with Gasteiger partial charge in [-0.1, -0.05) is 11.6 Å². The lowest BCUT2D eigenvalue weighted by Crippen LogP contribution is -2.31.